The number of benzene rings is 2. The zero-order valence-corrected chi connectivity index (χ0v) is 13.5. The predicted octanol–water partition coefficient (Wildman–Crippen LogP) is 3.84. The van der Waals surface area contributed by atoms with Gasteiger partial charge in [0.1, 0.15) is 0 Å². The number of ether oxygens (including phenoxy) is 1. The smallest absolute Gasteiger partial charge is 0.339 e. The number of amides is 2. The summed E-state index contributed by atoms with van der Waals surface area (Å²) in [6.45, 7) is 4.38. The van der Waals surface area contributed by atoms with Crippen LogP contribution in [-0.4, -0.2) is 25.7 Å². The molecule has 0 heterocycles. The van der Waals surface area contributed by atoms with Gasteiger partial charge in [-0.25, -0.2) is 9.59 Å². The molecule has 0 radical (unpaired) electrons. The number of nitrogens with one attached hydrogen (secondary N) is 1. The van der Waals surface area contributed by atoms with Crippen LogP contribution in [0.25, 0.3) is 0 Å². The molecule has 0 saturated heterocycles. The first kappa shape index (κ1) is 16.5. The van der Waals surface area contributed by atoms with Gasteiger partial charge >= 0.3 is 12.0 Å². The summed E-state index contributed by atoms with van der Waals surface area (Å²) in [5.74, 6) is -0.487. The highest BCUT2D eigenvalue weighted by atomic mass is 16.5. The van der Waals surface area contributed by atoms with E-state index in [0.29, 0.717) is 17.8 Å². The minimum atomic E-state index is -0.487. The van der Waals surface area contributed by atoms with E-state index >= 15 is 0 Å². The molecule has 2 aromatic carbocycles. The van der Waals surface area contributed by atoms with Crippen LogP contribution in [0, 0.1) is 6.92 Å². The van der Waals surface area contributed by atoms with Crippen LogP contribution in [-0.2, 0) is 4.74 Å². The zero-order chi connectivity index (χ0) is 16.8. The van der Waals surface area contributed by atoms with Crippen molar-refractivity contribution >= 4 is 23.4 Å². The van der Waals surface area contributed by atoms with E-state index in [4.69, 9.17) is 4.74 Å². The van der Waals surface area contributed by atoms with Crippen molar-refractivity contribution in [2.45, 2.75) is 13.8 Å². The average Bonchev–Trinajstić information content (AvgIpc) is 2.55. The summed E-state index contributed by atoms with van der Waals surface area (Å²) in [6.07, 6.45) is 0. The molecule has 23 heavy (non-hydrogen) atoms. The minimum Gasteiger partial charge on any atom is -0.465 e. The van der Waals surface area contributed by atoms with Gasteiger partial charge in [-0.2, -0.15) is 0 Å². The molecule has 0 bridgehead atoms. The normalized spacial score (nSPS) is 10.0. The molecule has 2 rings (SSSR count). The van der Waals surface area contributed by atoms with Crippen molar-refractivity contribution in [3.05, 3.63) is 59.7 Å². The van der Waals surface area contributed by atoms with E-state index in [2.05, 4.69) is 5.32 Å². The maximum absolute atomic E-state index is 12.6. The molecular formula is C18H20N2O3. The van der Waals surface area contributed by atoms with Gasteiger partial charge in [-0.1, -0.05) is 24.3 Å². The number of hydrogen-bond donors (Lipinski definition) is 1. The fourth-order valence-electron chi connectivity index (χ4n) is 2.30. The maximum Gasteiger partial charge on any atom is 0.339 e. The first-order valence-corrected chi connectivity index (χ1v) is 7.39. The summed E-state index contributed by atoms with van der Waals surface area (Å²) in [5.41, 5.74) is 2.63. The second-order valence-electron chi connectivity index (χ2n) is 5.05. The lowest BCUT2D eigenvalue weighted by Crippen LogP contribution is -2.35. The summed E-state index contributed by atoms with van der Waals surface area (Å²) in [7, 11) is 1.31. The van der Waals surface area contributed by atoms with Crippen LogP contribution in [0.2, 0.25) is 0 Å². The van der Waals surface area contributed by atoms with E-state index in [-0.39, 0.29) is 6.03 Å². The Morgan fingerprint density at radius 2 is 1.87 bits per heavy atom. The monoisotopic (exact) mass is 312 g/mol. The van der Waals surface area contributed by atoms with Crippen molar-refractivity contribution < 1.29 is 14.3 Å². The average molecular weight is 312 g/mol. The minimum absolute atomic E-state index is 0.297. The van der Waals surface area contributed by atoms with E-state index in [1.54, 1.807) is 29.2 Å². The number of anilines is 2. The lowest BCUT2D eigenvalue weighted by Gasteiger charge is -2.22. The molecule has 0 aliphatic heterocycles. The van der Waals surface area contributed by atoms with Gasteiger partial charge < -0.3 is 10.1 Å². The number of nitrogens with zero attached hydrogens (tertiary/aromatic N) is 1. The summed E-state index contributed by atoms with van der Waals surface area (Å²) in [5, 5.41) is 2.78. The number of urea groups is 1. The number of rotatable bonds is 4. The quantitative estimate of drug-likeness (QED) is 0.873. The van der Waals surface area contributed by atoms with Gasteiger partial charge in [-0.3, -0.25) is 4.90 Å². The molecule has 2 amide bonds. The zero-order valence-electron chi connectivity index (χ0n) is 13.5. The first-order valence-electron chi connectivity index (χ1n) is 7.39. The molecule has 2 aromatic rings. The number of aryl methyl sites for hydroxylation is 1. The molecule has 0 aromatic heterocycles. The standard InChI is InChI=1S/C18H20N2O3/c1-4-20(14-9-7-8-13(2)12-14)18(22)19-16-11-6-5-10-15(16)17(21)23-3/h5-12H,4H2,1-3H3,(H,19,22). The van der Waals surface area contributed by atoms with Crippen LogP contribution in [0.5, 0.6) is 0 Å². The van der Waals surface area contributed by atoms with E-state index in [1.165, 1.54) is 7.11 Å². The van der Waals surface area contributed by atoms with Gasteiger partial charge in [0.15, 0.2) is 0 Å². The molecule has 0 aliphatic rings. The largest absolute Gasteiger partial charge is 0.465 e. The summed E-state index contributed by atoms with van der Waals surface area (Å²) in [6, 6.07) is 14.2. The Bertz CT molecular complexity index is 713. The van der Waals surface area contributed by atoms with Gasteiger partial charge in [0.25, 0.3) is 0 Å². The van der Waals surface area contributed by atoms with Gasteiger partial charge in [-0.15, -0.1) is 0 Å². The number of para-hydroxylation sites is 1. The van der Waals surface area contributed by atoms with E-state index in [0.717, 1.165) is 11.3 Å². The molecule has 0 atom stereocenters. The van der Waals surface area contributed by atoms with Crippen molar-refractivity contribution in [2.75, 3.05) is 23.9 Å². The van der Waals surface area contributed by atoms with Crippen molar-refractivity contribution in [1.82, 2.24) is 0 Å². The Morgan fingerprint density at radius 1 is 1.13 bits per heavy atom. The van der Waals surface area contributed by atoms with Crippen LogP contribution >= 0.6 is 0 Å². The predicted molar refractivity (Wildman–Crippen MR) is 91.0 cm³/mol. The van der Waals surface area contributed by atoms with Gasteiger partial charge in [0.05, 0.1) is 18.4 Å². The van der Waals surface area contributed by atoms with Crippen LogP contribution in [0.3, 0.4) is 0 Å². The topological polar surface area (TPSA) is 58.6 Å². The Balaban J connectivity index is 2.26. The number of carbonyl (C=O) groups is 2. The Labute approximate surface area is 135 Å². The lowest BCUT2D eigenvalue weighted by molar-refractivity contribution is 0.0602. The Kier molecular flexibility index (Phi) is 5.36. The SMILES string of the molecule is CCN(C(=O)Nc1ccccc1C(=O)OC)c1cccc(C)c1. The van der Waals surface area contributed by atoms with Crippen LogP contribution in [0.1, 0.15) is 22.8 Å². The second kappa shape index (κ2) is 7.45. The van der Waals surface area contributed by atoms with Crippen molar-refractivity contribution in [2.24, 2.45) is 0 Å². The van der Waals surface area contributed by atoms with Gasteiger partial charge in [0, 0.05) is 12.2 Å². The highest BCUT2D eigenvalue weighted by Crippen LogP contribution is 2.20. The van der Waals surface area contributed by atoms with Crippen LogP contribution < -0.4 is 10.2 Å². The molecule has 0 spiro atoms. The molecule has 0 unspecified atom stereocenters. The van der Waals surface area contributed by atoms with Crippen molar-refractivity contribution in [3.8, 4) is 0 Å². The van der Waals surface area contributed by atoms with Gasteiger partial charge in [-0.05, 0) is 43.7 Å². The molecule has 5 heteroatoms. The summed E-state index contributed by atoms with van der Waals surface area (Å²) in [4.78, 5) is 26.0. The number of carbonyl (C=O) groups excluding carboxylic acids is 2. The van der Waals surface area contributed by atoms with E-state index in [9.17, 15) is 9.59 Å². The first-order chi connectivity index (χ1) is 11.1. The van der Waals surface area contributed by atoms with E-state index < -0.39 is 5.97 Å². The molecule has 0 saturated carbocycles. The molecule has 5 nitrogen and oxygen atoms in total. The lowest BCUT2D eigenvalue weighted by atomic mass is 10.2. The molecule has 0 fully saturated rings. The molecular weight excluding hydrogens is 292 g/mol. The Morgan fingerprint density at radius 3 is 2.52 bits per heavy atom. The Hall–Kier alpha value is -2.82. The number of esters is 1. The van der Waals surface area contributed by atoms with Crippen LogP contribution in [0.15, 0.2) is 48.5 Å². The van der Waals surface area contributed by atoms with E-state index in [1.807, 2.05) is 38.1 Å². The number of hydrogen-bond acceptors (Lipinski definition) is 3. The molecule has 120 valence electrons. The number of methoxy groups -OCH3 is 1. The van der Waals surface area contributed by atoms with Crippen LogP contribution in [0.4, 0.5) is 16.2 Å². The molecule has 1 N–H and O–H groups in total. The van der Waals surface area contributed by atoms with Crippen molar-refractivity contribution in [3.63, 3.8) is 0 Å². The molecule has 0 aliphatic carbocycles. The third kappa shape index (κ3) is 3.88. The third-order valence-electron chi connectivity index (χ3n) is 3.45. The second-order valence-corrected chi connectivity index (χ2v) is 5.05. The highest BCUT2D eigenvalue weighted by Gasteiger charge is 2.18. The highest BCUT2D eigenvalue weighted by molar-refractivity contribution is 6.06. The maximum atomic E-state index is 12.6. The fraction of sp³-hybridized carbons (Fsp3) is 0.222. The summed E-state index contributed by atoms with van der Waals surface area (Å²) < 4.78 is 4.74. The van der Waals surface area contributed by atoms with Gasteiger partial charge in [0.2, 0.25) is 0 Å². The van der Waals surface area contributed by atoms with Crippen molar-refractivity contribution in [1.29, 1.82) is 0 Å². The summed E-state index contributed by atoms with van der Waals surface area (Å²) >= 11 is 0. The third-order valence-corrected chi connectivity index (χ3v) is 3.45. The fourth-order valence-corrected chi connectivity index (χ4v) is 2.30.